The Morgan fingerprint density at radius 3 is 2.44 bits per heavy atom. The van der Waals surface area contributed by atoms with Crippen molar-refractivity contribution in [2.45, 2.75) is 45.8 Å². The monoisotopic (exact) mass is 263 g/mol. The number of aromatic nitrogens is 2. The summed E-state index contributed by atoms with van der Waals surface area (Å²) in [5, 5.41) is 3.71. The molecule has 0 saturated carbocycles. The zero-order valence-electron chi connectivity index (χ0n) is 10.8. The van der Waals surface area contributed by atoms with Crippen molar-refractivity contribution in [3.63, 3.8) is 0 Å². The zero-order chi connectivity index (χ0) is 13.8. The third kappa shape index (κ3) is 4.68. The molecule has 0 aliphatic carbocycles. The van der Waals surface area contributed by atoms with Gasteiger partial charge in [-0.15, -0.1) is 0 Å². The number of unbranched alkanes of at least 4 members (excludes halogenated alkanes) is 1. The van der Waals surface area contributed by atoms with E-state index in [9.17, 15) is 13.2 Å². The van der Waals surface area contributed by atoms with Crippen LogP contribution in [0.25, 0.3) is 0 Å². The Morgan fingerprint density at radius 2 is 1.94 bits per heavy atom. The highest BCUT2D eigenvalue weighted by Crippen LogP contribution is 2.28. The second-order valence-electron chi connectivity index (χ2n) is 5.32. The van der Waals surface area contributed by atoms with Gasteiger partial charge in [0, 0.05) is 12.7 Å². The minimum atomic E-state index is -4.31. The van der Waals surface area contributed by atoms with Gasteiger partial charge in [0.15, 0.2) is 0 Å². The van der Waals surface area contributed by atoms with Gasteiger partial charge in [-0.05, 0) is 24.8 Å². The van der Waals surface area contributed by atoms with Crippen molar-refractivity contribution in [2.75, 3.05) is 6.54 Å². The van der Waals surface area contributed by atoms with E-state index in [2.05, 4.69) is 18.9 Å². The molecule has 18 heavy (non-hydrogen) atoms. The first-order valence-corrected chi connectivity index (χ1v) is 6.04. The van der Waals surface area contributed by atoms with Crippen LogP contribution in [0.15, 0.2) is 12.4 Å². The van der Waals surface area contributed by atoms with E-state index in [4.69, 9.17) is 5.73 Å². The van der Waals surface area contributed by atoms with Gasteiger partial charge in [-0.3, -0.25) is 4.68 Å². The zero-order valence-corrected chi connectivity index (χ0v) is 10.8. The van der Waals surface area contributed by atoms with Gasteiger partial charge in [-0.2, -0.15) is 18.3 Å². The second-order valence-corrected chi connectivity index (χ2v) is 5.32. The molecule has 1 rings (SSSR count). The average molecular weight is 263 g/mol. The third-order valence-electron chi connectivity index (χ3n) is 3.00. The molecule has 0 atom stereocenters. The molecule has 0 amide bonds. The number of aryl methyl sites for hydroxylation is 1. The van der Waals surface area contributed by atoms with Crippen molar-refractivity contribution in [1.82, 2.24) is 9.78 Å². The first-order valence-electron chi connectivity index (χ1n) is 6.04. The number of hydrogen-bond acceptors (Lipinski definition) is 2. The fourth-order valence-corrected chi connectivity index (χ4v) is 1.61. The normalized spacial score (nSPS) is 13.0. The summed E-state index contributed by atoms with van der Waals surface area (Å²) in [5.74, 6) is 0. The number of nitrogens with two attached hydrogens (primary N) is 1. The average Bonchev–Trinajstić information content (AvgIpc) is 2.73. The molecular formula is C12H20F3N3. The van der Waals surface area contributed by atoms with Crippen LogP contribution < -0.4 is 5.73 Å². The number of rotatable bonds is 6. The summed E-state index contributed by atoms with van der Waals surface area (Å²) in [5.41, 5.74) is 5.02. The van der Waals surface area contributed by atoms with Gasteiger partial charge < -0.3 is 5.73 Å². The smallest absolute Gasteiger partial charge is 0.330 e. The number of alkyl halides is 3. The quantitative estimate of drug-likeness (QED) is 0.802. The summed E-state index contributed by atoms with van der Waals surface area (Å²) in [6, 6.07) is 0. The van der Waals surface area contributed by atoms with Gasteiger partial charge >= 0.3 is 6.18 Å². The van der Waals surface area contributed by atoms with E-state index >= 15 is 0 Å². The van der Waals surface area contributed by atoms with Crippen LogP contribution in [0.1, 0.15) is 38.7 Å². The molecule has 0 unspecified atom stereocenters. The molecule has 0 spiro atoms. The lowest BCUT2D eigenvalue weighted by molar-refractivity contribution is -0.137. The second kappa shape index (κ2) is 5.73. The highest BCUT2D eigenvalue weighted by atomic mass is 19.4. The van der Waals surface area contributed by atoms with E-state index in [1.807, 2.05) is 0 Å². The highest BCUT2D eigenvalue weighted by Gasteiger charge is 2.32. The van der Waals surface area contributed by atoms with Crippen molar-refractivity contribution >= 4 is 0 Å². The molecule has 0 bridgehead atoms. The summed E-state index contributed by atoms with van der Waals surface area (Å²) in [6.45, 7) is 5.30. The number of halogens is 3. The third-order valence-corrected chi connectivity index (χ3v) is 3.00. The van der Waals surface area contributed by atoms with Crippen molar-refractivity contribution in [3.8, 4) is 0 Å². The Kier molecular flexibility index (Phi) is 4.78. The standard InChI is InChI=1S/C12H20F3N3/c1-11(2,9-16)5-3-4-6-18-8-10(7-17-18)12(13,14)15/h7-8H,3-6,9,16H2,1-2H3. The van der Waals surface area contributed by atoms with Gasteiger partial charge in [0.2, 0.25) is 0 Å². The Labute approximate surface area is 105 Å². The summed E-state index contributed by atoms with van der Waals surface area (Å²) >= 11 is 0. The van der Waals surface area contributed by atoms with Gasteiger partial charge in [0.1, 0.15) is 0 Å². The molecule has 0 fully saturated rings. The Bertz CT molecular complexity index is 369. The molecule has 0 aliphatic heterocycles. The first kappa shape index (κ1) is 15.0. The van der Waals surface area contributed by atoms with Gasteiger partial charge in [-0.1, -0.05) is 20.3 Å². The first-order chi connectivity index (χ1) is 8.24. The molecular weight excluding hydrogens is 243 g/mol. The van der Waals surface area contributed by atoms with Crippen molar-refractivity contribution < 1.29 is 13.2 Å². The van der Waals surface area contributed by atoms with Crippen LogP contribution in [-0.2, 0) is 12.7 Å². The van der Waals surface area contributed by atoms with E-state index in [0.717, 1.165) is 31.7 Å². The fourth-order valence-electron chi connectivity index (χ4n) is 1.61. The Hall–Kier alpha value is -1.04. The summed E-state index contributed by atoms with van der Waals surface area (Å²) in [4.78, 5) is 0. The molecule has 1 aromatic heterocycles. The Morgan fingerprint density at radius 1 is 1.28 bits per heavy atom. The van der Waals surface area contributed by atoms with E-state index in [1.54, 1.807) is 0 Å². The van der Waals surface area contributed by atoms with Crippen molar-refractivity contribution in [3.05, 3.63) is 18.0 Å². The van der Waals surface area contributed by atoms with Crippen molar-refractivity contribution in [1.29, 1.82) is 0 Å². The highest BCUT2D eigenvalue weighted by molar-refractivity contribution is 5.08. The SMILES string of the molecule is CC(C)(CN)CCCCn1cc(C(F)(F)F)cn1. The molecule has 0 saturated heterocycles. The van der Waals surface area contributed by atoms with Gasteiger partial charge in [-0.25, -0.2) is 0 Å². The number of hydrogen-bond donors (Lipinski definition) is 1. The lowest BCUT2D eigenvalue weighted by Gasteiger charge is -2.21. The molecule has 6 heteroatoms. The van der Waals surface area contributed by atoms with Gasteiger partial charge in [0.05, 0.1) is 11.8 Å². The Balaban J connectivity index is 2.35. The molecule has 0 aromatic carbocycles. The summed E-state index contributed by atoms with van der Waals surface area (Å²) in [6.07, 6.45) is 0.322. The summed E-state index contributed by atoms with van der Waals surface area (Å²) in [7, 11) is 0. The van der Waals surface area contributed by atoms with Crippen LogP contribution in [0.4, 0.5) is 13.2 Å². The molecule has 0 aliphatic rings. The maximum Gasteiger partial charge on any atom is 0.419 e. The molecule has 3 nitrogen and oxygen atoms in total. The predicted octanol–water partition coefficient (Wildman–Crippen LogP) is 3.06. The molecule has 1 aromatic rings. The topological polar surface area (TPSA) is 43.8 Å². The molecule has 104 valence electrons. The lowest BCUT2D eigenvalue weighted by atomic mass is 9.87. The fraction of sp³-hybridized carbons (Fsp3) is 0.750. The molecule has 0 radical (unpaired) electrons. The van der Waals surface area contributed by atoms with E-state index in [-0.39, 0.29) is 5.41 Å². The van der Waals surface area contributed by atoms with Crippen LogP contribution in [0.5, 0.6) is 0 Å². The molecule has 1 heterocycles. The predicted molar refractivity (Wildman–Crippen MR) is 63.9 cm³/mol. The van der Waals surface area contributed by atoms with Crippen LogP contribution in [-0.4, -0.2) is 16.3 Å². The van der Waals surface area contributed by atoms with Crippen LogP contribution >= 0.6 is 0 Å². The van der Waals surface area contributed by atoms with Crippen LogP contribution in [0.2, 0.25) is 0 Å². The maximum absolute atomic E-state index is 12.3. The van der Waals surface area contributed by atoms with Gasteiger partial charge in [0.25, 0.3) is 0 Å². The maximum atomic E-state index is 12.3. The minimum absolute atomic E-state index is 0.0985. The number of nitrogens with zero attached hydrogens (tertiary/aromatic N) is 2. The van der Waals surface area contributed by atoms with Crippen LogP contribution in [0.3, 0.4) is 0 Å². The van der Waals surface area contributed by atoms with E-state index < -0.39 is 11.7 Å². The van der Waals surface area contributed by atoms with Crippen LogP contribution in [0, 0.1) is 5.41 Å². The van der Waals surface area contributed by atoms with Crippen molar-refractivity contribution in [2.24, 2.45) is 11.1 Å². The molecule has 2 N–H and O–H groups in total. The van der Waals surface area contributed by atoms with E-state index in [0.29, 0.717) is 13.1 Å². The summed E-state index contributed by atoms with van der Waals surface area (Å²) < 4.78 is 38.3. The lowest BCUT2D eigenvalue weighted by Crippen LogP contribution is -2.23. The minimum Gasteiger partial charge on any atom is -0.330 e. The largest absolute Gasteiger partial charge is 0.419 e. The van der Waals surface area contributed by atoms with E-state index in [1.165, 1.54) is 4.68 Å².